The molecule has 1 amide bonds. The molecule has 1 heterocycles. The molecule has 0 saturated carbocycles. The molecule has 0 N–H and O–H groups in total. The summed E-state index contributed by atoms with van der Waals surface area (Å²) in [6, 6.07) is -0.00552. The molecular formula is C13H27N3O2. The topological polar surface area (TPSA) is 36.0 Å². The summed E-state index contributed by atoms with van der Waals surface area (Å²) in [6.45, 7) is 10.6. The lowest BCUT2D eigenvalue weighted by molar-refractivity contribution is -0.134. The van der Waals surface area contributed by atoms with Crippen molar-refractivity contribution in [2.45, 2.75) is 19.9 Å². The van der Waals surface area contributed by atoms with Crippen LogP contribution in [0.15, 0.2) is 0 Å². The fourth-order valence-electron chi connectivity index (χ4n) is 2.24. The quantitative estimate of drug-likeness (QED) is 0.633. The zero-order valence-corrected chi connectivity index (χ0v) is 12.2. The lowest BCUT2D eigenvalue weighted by Crippen LogP contribution is -2.54. The van der Waals surface area contributed by atoms with Crippen molar-refractivity contribution in [3.8, 4) is 0 Å². The number of carbonyl (C=O) groups is 1. The van der Waals surface area contributed by atoms with E-state index in [-0.39, 0.29) is 11.9 Å². The molecule has 0 aromatic rings. The van der Waals surface area contributed by atoms with Gasteiger partial charge in [-0.25, -0.2) is 0 Å². The first-order valence-corrected chi connectivity index (χ1v) is 6.81. The smallest absolute Gasteiger partial charge is 0.239 e. The van der Waals surface area contributed by atoms with E-state index < -0.39 is 0 Å². The van der Waals surface area contributed by atoms with Crippen LogP contribution < -0.4 is 0 Å². The molecular weight excluding hydrogens is 230 g/mol. The van der Waals surface area contributed by atoms with E-state index in [2.05, 4.69) is 9.80 Å². The summed E-state index contributed by atoms with van der Waals surface area (Å²) in [6.07, 6.45) is 0. The van der Waals surface area contributed by atoms with Crippen molar-refractivity contribution in [3.05, 3.63) is 0 Å². The fourth-order valence-corrected chi connectivity index (χ4v) is 2.24. The highest BCUT2D eigenvalue weighted by Crippen LogP contribution is 2.07. The molecule has 0 spiro atoms. The molecule has 1 rings (SSSR count). The normalized spacial score (nSPS) is 19.8. The third-order valence-corrected chi connectivity index (χ3v) is 3.51. The Morgan fingerprint density at radius 3 is 2.39 bits per heavy atom. The van der Waals surface area contributed by atoms with Crippen molar-refractivity contribution >= 4 is 5.91 Å². The van der Waals surface area contributed by atoms with E-state index >= 15 is 0 Å². The molecule has 5 nitrogen and oxygen atoms in total. The Kier molecular flexibility index (Phi) is 6.60. The molecule has 0 aromatic carbocycles. The van der Waals surface area contributed by atoms with Gasteiger partial charge in [0, 0.05) is 53.4 Å². The largest absolute Gasteiger partial charge is 0.380 e. The minimum atomic E-state index is -0.00552. The molecule has 5 heteroatoms. The van der Waals surface area contributed by atoms with Crippen LogP contribution in [0.1, 0.15) is 13.8 Å². The number of hydrogen-bond donors (Lipinski definition) is 0. The number of amides is 1. The van der Waals surface area contributed by atoms with Crippen LogP contribution in [0.3, 0.4) is 0 Å². The Balaban J connectivity index is 2.28. The first-order chi connectivity index (χ1) is 8.56. The first-order valence-electron chi connectivity index (χ1n) is 6.81. The predicted molar refractivity (Wildman–Crippen MR) is 72.7 cm³/mol. The Bertz CT molecular complexity index is 251. The molecule has 0 aromatic heterocycles. The number of nitrogens with zero attached hydrogens (tertiary/aromatic N) is 3. The van der Waals surface area contributed by atoms with Gasteiger partial charge in [0.1, 0.15) is 0 Å². The molecule has 18 heavy (non-hydrogen) atoms. The number of carbonyl (C=O) groups excluding carboxylic acids is 1. The fraction of sp³-hybridized carbons (Fsp3) is 0.923. The van der Waals surface area contributed by atoms with Crippen molar-refractivity contribution < 1.29 is 9.53 Å². The van der Waals surface area contributed by atoms with Crippen molar-refractivity contribution in [1.29, 1.82) is 0 Å². The predicted octanol–water partition coefficient (Wildman–Crippen LogP) is 0.117. The Hall–Kier alpha value is -0.650. The van der Waals surface area contributed by atoms with Gasteiger partial charge in [-0.15, -0.1) is 0 Å². The lowest BCUT2D eigenvalue weighted by atomic mass is 10.2. The molecule has 1 aliphatic rings. The van der Waals surface area contributed by atoms with Crippen molar-refractivity contribution in [1.82, 2.24) is 14.7 Å². The van der Waals surface area contributed by atoms with Crippen LogP contribution in [0.5, 0.6) is 0 Å². The number of hydrogen-bond acceptors (Lipinski definition) is 4. The van der Waals surface area contributed by atoms with Crippen LogP contribution in [-0.2, 0) is 9.53 Å². The molecule has 1 atom stereocenters. The average Bonchev–Trinajstić information content (AvgIpc) is 2.38. The van der Waals surface area contributed by atoms with Gasteiger partial charge in [-0.2, -0.15) is 0 Å². The third kappa shape index (κ3) is 4.55. The number of piperazine rings is 1. The van der Waals surface area contributed by atoms with Crippen LogP contribution in [0.2, 0.25) is 0 Å². The SMILES string of the molecule is CCOCCN1CCN([C@H](C)C(=O)N(C)C)CC1. The van der Waals surface area contributed by atoms with Crippen LogP contribution in [0.4, 0.5) is 0 Å². The van der Waals surface area contributed by atoms with Gasteiger partial charge in [-0.1, -0.05) is 0 Å². The number of rotatable bonds is 6. The van der Waals surface area contributed by atoms with Crippen LogP contribution >= 0.6 is 0 Å². The number of ether oxygens (including phenoxy) is 1. The molecule has 0 unspecified atom stereocenters. The van der Waals surface area contributed by atoms with Crippen molar-refractivity contribution in [3.63, 3.8) is 0 Å². The van der Waals surface area contributed by atoms with Gasteiger partial charge in [0.2, 0.25) is 5.91 Å². The maximum Gasteiger partial charge on any atom is 0.239 e. The summed E-state index contributed by atoms with van der Waals surface area (Å²) in [5.74, 6) is 0.192. The summed E-state index contributed by atoms with van der Waals surface area (Å²) in [4.78, 5) is 18.2. The van der Waals surface area contributed by atoms with E-state index in [0.29, 0.717) is 0 Å². The van der Waals surface area contributed by atoms with Crippen LogP contribution in [0.25, 0.3) is 0 Å². The van der Waals surface area contributed by atoms with Crippen LogP contribution in [-0.4, -0.2) is 86.7 Å². The van der Waals surface area contributed by atoms with E-state index in [1.807, 2.05) is 27.9 Å². The molecule has 0 aliphatic carbocycles. The van der Waals surface area contributed by atoms with Gasteiger partial charge >= 0.3 is 0 Å². The zero-order chi connectivity index (χ0) is 13.5. The summed E-state index contributed by atoms with van der Waals surface area (Å²) in [5.41, 5.74) is 0. The van der Waals surface area contributed by atoms with Gasteiger partial charge < -0.3 is 9.64 Å². The van der Waals surface area contributed by atoms with Gasteiger partial charge in [0.25, 0.3) is 0 Å². The van der Waals surface area contributed by atoms with Gasteiger partial charge in [-0.3, -0.25) is 14.6 Å². The maximum atomic E-state index is 11.9. The molecule has 0 radical (unpaired) electrons. The van der Waals surface area contributed by atoms with Gasteiger partial charge in [0.05, 0.1) is 12.6 Å². The summed E-state index contributed by atoms with van der Waals surface area (Å²) in [5, 5.41) is 0. The highest BCUT2D eigenvalue weighted by molar-refractivity contribution is 5.80. The molecule has 106 valence electrons. The van der Waals surface area contributed by atoms with Crippen molar-refractivity contribution in [2.75, 3.05) is 60.0 Å². The maximum absolute atomic E-state index is 11.9. The highest BCUT2D eigenvalue weighted by Gasteiger charge is 2.26. The molecule has 0 bridgehead atoms. The molecule has 1 fully saturated rings. The van der Waals surface area contributed by atoms with E-state index in [1.54, 1.807) is 4.90 Å². The molecule has 1 saturated heterocycles. The summed E-state index contributed by atoms with van der Waals surface area (Å²) < 4.78 is 5.36. The molecule has 1 aliphatic heterocycles. The minimum Gasteiger partial charge on any atom is -0.380 e. The average molecular weight is 257 g/mol. The minimum absolute atomic E-state index is 0.00552. The van der Waals surface area contributed by atoms with E-state index in [9.17, 15) is 4.79 Å². The Labute approximate surface area is 111 Å². The lowest BCUT2D eigenvalue weighted by Gasteiger charge is -2.38. The van der Waals surface area contributed by atoms with E-state index in [1.165, 1.54) is 0 Å². The summed E-state index contributed by atoms with van der Waals surface area (Å²) in [7, 11) is 3.63. The third-order valence-electron chi connectivity index (χ3n) is 3.51. The highest BCUT2D eigenvalue weighted by atomic mass is 16.5. The van der Waals surface area contributed by atoms with Gasteiger partial charge in [0.15, 0.2) is 0 Å². The Morgan fingerprint density at radius 1 is 1.28 bits per heavy atom. The van der Waals surface area contributed by atoms with E-state index in [4.69, 9.17) is 4.74 Å². The van der Waals surface area contributed by atoms with E-state index in [0.717, 1.165) is 45.9 Å². The second-order valence-corrected chi connectivity index (χ2v) is 4.98. The second-order valence-electron chi connectivity index (χ2n) is 4.98. The van der Waals surface area contributed by atoms with Crippen LogP contribution in [0, 0.1) is 0 Å². The zero-order valence-electron chi connectivity index (χ0n) is 12.2. The van der Waals surface area contributed by atoms with Crippen molar-refractivity contribution in [2.24, 2.45) is 0 Å². The monoisotopic (exact) mass is 257 g/mol. The number of likely N-dealkylation sites (N-methyl/N-ethyl adjacent to an activating group) is 1. The second kappa shape index (κ2) is 7.71. The first kappa shape index (κ1) is 15.4. The standard InChI is InChI=1S/C13H27N3O2/c1-5-18-11-10-15-6-8-16(9-7-15)12(2)13(17)14(3)4/h12H,5-11H2,1-4H3/t12-/m1/s1. The van der Waals surface area contributed by atoms with Gasteiger partial charge in [-0.05, 0) is 13.8 Å². The summed E-state index contributed by atoms with van der Waals surface area (Å²) >= 11 is 0. The Morgan fingerprint density at radius 2 is 1.89 bits per heavy atom.